The van der Waals surface area contributed by atoms with Gasteiger partial charge in [-0.2, -0.15) is 0 Å². The molecule has 1 aromatic heterocycles. The fourth-order valence-electron chi connectivity index (χ4n) is 5.20. The Morgan fingerprint density at radius 3 is 2.45 bits per heavy atom. The maximum Gasteiger partial charge on any atom is 0.251 e. The third kappa shape index (κ3) is 5.12. The van der Waals surface area contributed by atoms with Gasteiger partial charge in [0.15, 0.2) is 0 Å². The number of rotatable bonds is 5. The first-order valence-electron chi connectivity index (χ1n) is 11.7. The third-order valence-electron chi connectivity index (χ3n) is 7.02. The highest BCUT2D eigenvalue weighted by molar-refractivity contribution is 7.17. The SMILES string of the molecule is CC1CCc2c(sc(NC(=O)CN3CCN(C(=O)C4CCCCC4)CC3)c2C(N)=O)C1. The summed E-state index contributed by atoms with van der Waals surface area (Å²) in [6.07, 6.45) is 8.44. The number of nitrogens with one attached hydrogen (secondary N) is 1. The number of piperazine rings is 1. The van der Waals surface area contributed by atoms with Crippen molar-refractivity contribution in [1.82, 2.24) is 9.80 Å². The summed E-state index contributed by atoms with van der Waals surface area (Å²) in [5.41, 5.74) is 7.18. The topological polar surface area (TPSA) is 95.7 Å². The van der Waals surface area contributed by atoms with Crippen molar-refractivity contribution in [2.45, 2.75) is 58.3 Å². The summed E-state index contributed by atoms with van der Waals surface area (Å²) >= 11 is 1.50. The highest BCUT2D eigenvalue weighted by atomic mass is 32.1. The quantitative estimate of drug-likeness (QED) is 0.727. The highest BCUT2D eigenvalue weighted by Gasteiger charge is 2.30. The maximum atomic E-state index is 12.7. The van der Waals surface area contributed by atoms with Crippen LogP contribution in [-0.4, -0.2) is 60.2 Å². The molecule has 1 saturated heterocycles. The normalized spacial score (nSPS) is 22.7. The van der Waals surface area contributed by atoms with Gasteiger partial charge in [-0.3, -0.25) is 19.3 Å². The number of nitrogens with two attached hydrogens (primary N) is 1. The third-order valence-corrected chi connectivity index (χ3v) is 8.19. The number of nitrogens with zero attached hydrogens (tertiary/aromatic N) is 2. The second kappa shape index (κ2) is 9.69. The van der Waals surface area contributed by atoms with E-state index in [1.54, 1.807) is 0 Å². The van der Waals surface area contributed by atoms with Crippen LogP contribution in [0.4, 0.5) is 5.00 Å². The highest BCUT2D eigenvalue weighted by Crippen LogP contribution is 2.39. The van der Waals surface area contributed by atoms with Gasteiger partial charge in [-0.25, -0.2) is 0 Å². The Morgan fingerprint density at radius 1 is 1.06 bits per heavy atom. The molecule has 2 aliphatic carbocycles. The molecule has 0 radical (unpaired) electrons. The number of hydrogen-bond acceptors (Lipinski definition) is 5. The van der Waals surface area contributed by atoms with Gasteiger partial charge in [0.1, 0.15) is 5.00 Å². The Morgan fingerprint density at radius 2 is 1.77 bits per heavy atom. The summed E-state index contributed by atoms with van der Waals surface area (Å²) in [7, 11) is 0. The van der Waals surface area contributed by atoms with Gasteiger partial charge < -0.3 is 16.0 Å². The second-order valence-electron chi connectivity index (χ2n) is 9.40. The first-order chi connectivity index (χ1) is 14.9. The van der Waals surface area contributed by atoms with E-state index in [2.05, 4.69) is 17.1 Å². The molecule has 8 heteroatoms. The number of carbonyl (C=O) groups is 3. The minimum absolute atomic E-state index is 0.124. The Kier molecular flexibility index (Phi) is 6.96. The van der Waals surface area contributed by atoms with E-state index in [-0.39, 0.29) is 18.4 Å². The molecule has 1 atom stereocenters. The van der Waals surface area contributed by atoms with E-state index in [0.717, 1.165) is 50.5 Å². The van der Waals surface area contributed by atoms with Gasteiger partial charge >= 0.3 is 0 Å². The predicted molar refractivity (Wildman–Crippen MR) is 122 cm³/mol. The van der Waals surface area contributed by atoms with Crippen LogP contribution in [0.2, 0.25) is 0 Å². The fraction of sp³-hybridized carbons (Fsp3) is 0.696. The average Bonchev–Trinajstić information content (AvgIpc) is 3.11. The maximum absolute atomic E-state index is 12.7. The molecule has 1 unspecified atom stereocenters. The van der Waals surface area contributed by atoms with Crippen molar-refractivity contribution in [3.8, 4) is 0 Å². The van der Waals surface area contributed by atoms with Crippen LogP contribution < -0.4 is 11.1 Å². The van der Waals surface area contributed by atoms with Gasteiger partial charge in [0.05, 0.1) is 12.1 Å². The molecule has 1 aromatic rings. The molecular weight excluding hydrogens is 412 g/mol. The van der Waals surface area contributed by atoms with Crippen LogP contribution >= 0.6 is 11.3 Å². The smallest absolute Gasteiger partial charge is 0.251 e. The lowest BCUT2D eigenvalue weighted by molar-refractivity contribution is -0.138. The van der Waals surface area contributed by atoms with Gasteiger partial charge in [0.2, 0.25) is 11.8 Å². The van der Waals surface area contributed by atoms with E-state index >= 15 is 0 Å². The van der Waals surface area contributed by atoms with E-state index < -0.39 is 5.91 Å². The van der Waals surface area contributed by atoms with Crippen molar-refractivity contribution in [3.05, 3.63) is 16.0 Å². The van der Waals surface area contributed by atoms with Crippen molar-refractivity contribution >= 4 is 34.1 Å². The molecule has 0 spiro atoms. The van der Waals surface area contributed by atoms with Gasteiger partial charge in [0.25, 0.3) is 5.91 Å². The summed E-state index contributed by atoms with van der Waals surface area (Å²) in [5.74, 6) is 0.498. The molecule has 1 aliphatic heterocycles. The molecule has 3 amide bonds. The van der Waals surface area contributed by atoms with Crippen molar-refractivity contribution < 1.29 is 14.4 Å². The monoisotopic (exact) mass is 446 g/mol. The molecule has 2 fully saturated rings. The average molecular weight is 447 g/mol. The summed E-state index contributed by atoms with van der Waals surface area (Å²) < 4.78 is 0. The van der Waals surface area contributed by atoms with E-state index in [1.165, 1.54) is 22.6 Å². The van der Waals surface area contributed by atoms with Crippen LogP contribution in [0.25, 0.3) is 0 Å². The molecular formula is C23H34N4O3S. The summed E-state index contributed by atoms with van der Waals surface area (Å²) in [4.78, 5) is 42.8. The first-order valence-corrected chi connectivity index (χ1v) is 12.5. The van der Waals surface area contributed by atoms with E-state index in [0.29, 0.717) is 48.6 Å². The van der Waals surface area contributed by atoms with Crippen LogP contribution in [0, 0.1) is 11.8 Å². The van der Waals surface area contributed by atoms with Gasteiger partial charge in [0, 0.05) is 37.0 Å². The van der Waals surface area contributed by atoms with Gasteiger partial charge in [-0.05, 0) is 43.6 Å². The summed E-state index contributed by atoms with van der Waals surface area (Å²) in [6.45, 7) is 5.24. The number of fused-ring (bicyclic) bond motifs is 1. The number of hydrogen-bond donors (Lipinski definition) is 2. The molecule has 2 heterocycles. The number of amides is 3. The zero-order valence-corrected chi connectivity index (χ0v) is 19.3. The van der Waals surface area contributed by atoms with Crippen LogP contribution in [-0.2, 0) is 22.4 Å². The van der Waals surface area contributed by atoms with Crippen molar-refractivity contribution in [2.75, 3.05) is 38.0 Å². The molecule has 1 saturated carbocycles. The standard InChI is InChI=1S/C23H34N4O3S/c1-15-7-8-17-18(13-15)31-22(20(17)21(24)29)25-19(28)14-26-9-11-27(12-10-26)23(30)16-5-3-2-4-6-16/h15-16H,2-14H2,1H3,(H2,24,29)(H,25,28). The molecule has 31 heavy (non-hydrogen) atoms. The minimum atomic E-state index is -0.461. The van der Waals surface area contributed by atoms with Crippen molar-refractivity contribution in [2.24, 2.45) is 17.6 Å². The lowest BCUT2D eigenvalue weighted by atomic mass is 9.88. The second-order valence-corrected chi connectivity index (χ2v) is 10.5. The van der Waals surface area contributed by atoms with E-state index in [1.807, 2.05) is 4.90 Å². The van der Waals surface area contributed by atoms with E-state index in [9.17, 15) is 14.4 Å². The van der Waals surface area contributed by atoms with Crippen LogP contribution in [0.1, 0.15) is 66.2 Å². The minimum Gasteiger partial charge on any atom is -0.365 e. The largest absolute Gasteiger partial charge is 0.365 e. The van der Waals surface area contributed by atoms with Gasteiger partial charge in [-0.15, -0.1) is 11.3 Å². The molecule has 170 valence electrons. The zero-order chi connectivity index (χ0) is 22.0. The predicted octanol–water partition coefficient (Wildman–Crippen LogP) is 2.63. The zero-order valence-electron chi connectivity index (χ0n) is 18.5. The van der Waals surface area contributed by atoms with Crippen molar-refractivity contribution in [3.63, 3.8) is 0 Å². The molecule has 3 N–H and O–H groups in total. The molecule has 3 aliphatic rings. The first kappa shape index (κ1) is 22.3. The van der Waals surface area contributed by atoms with Crippen molar-refractivity contribution in [1.29, 1.82) is 0 Å². The molecule has 0 aromatic carbocycles. The Bertz CT molecular complexity index is 838. The Labute approximate surface area is 188 Å². The van der Waals surface area contributed by atoms with Crippen LogP contribution in [0.3, 0.4) is 0 Å². The fourth-order valence-corrected chi connectivity index (χ4v) is 6.64. The summed E-state index contributed by atoms with van der Waals surface area (Å²) in [5, 5.41) is 3.55. The number of thiophene rings is 1. The number of primary amides is 1. The Balaban J connectivity index is 1.31. The van der Waals surface area contributed by atoms with Crippen LogP contribution in [0.15, 0.2) is 0 Å². The number of anilines is 1. The number of carbonyl (C=O) groups excluding carboxylic acids is 3. The molecule has 0 bridgehead atoms. The van der Waals surface area contributed by atoms with Crippen LogP contribution in [0.5, 0.6) is 0 Å². The lowest BCUT2D eigenvalue weighted by Gasteiger charge is -2.36. The Hall–Kier alpha value is -1.93. The van der Waals surface area contributed by atoms with E-state index in [4.69, 9.17) is 5.73 Å². The molecule has 4 rings (SSSR count). The van der Waals surface area contributed by atoms with Gasteiger partial charge in [-0.1, -0.05) is 26.2 Å². The lowest BCUT2D eigenvalue weighted by Crippen LogP contribution is -2.52. The molecule has 7 nitrogen and oxygen atoms in total. The summed E-state index contributed by atoms with van der Waals surface area (Å²) in [6, 6.07) is 0.